The molecule has 3 N–H and O–H groups in total. The second kappa shape index (κ2) is 14.6. The Morgan fingerprint density at radius 2 is 1.78 bits per heavy atom. The fourth-order valence-electron chi connectivity index (χ4n) is 4.35. The molecule has 248 valence electrons. The monoisotopic (exact) mass is 664 g/mol. The lowest BCUT2D eigenvalue weighted by Crippen LogP contribution is -2.42. The molecule has 1 saturated heterocycles. The average molecular weight is 665 g/mol. The summed E-state index contributed by atoms with van der Waals surface area (Å²) in [5.74, 6) is -5.49. The number of esters is 1. The normalized spacial score (nSPS) is 20.9. The zero-order chi connectivity index (χ0) is 33.6. The predicted octanol–water partition coefficient (Wildman–Crippen LogP) is 4.09. The Kier molecular flexibility index (Phi) is 11.1. The molecule has 1 aromatic heterocycles. The number of carbonyl (C=O) groups is 2. The highest BCUT2D eigenvalue weighted by atomic mass is 31.2. The Balaban J connectivity index is 1.48. The molecular formula is C30H35F2N4O9P. The molecule has 3 aromatic rings. The highest BCUT2D eigenvalue weighted by Crippen LogP contribution is 2.48. The van der Waals surface area contributed by atoms with Crippen molar-refractivity contribution in [2.45, 2.75) is 70.6 Å². The van der Waals surface area contributed by atoms with Crippen LogP contribution in [-0.4, -0.2) is 63.4 Å². The van der Waals surface area contributed by atoms with Gasteiger partial charge in [-0.2, -0.15) is 18.9 Å². The first-order chi connectivity index (χ1) is 21.7. The number of alkyl halides is 2. The first-order valence-electron chi connectivity index (χ1n) is 14.4. The van der Waals surface area contributed by atoms with Gasteiger partial charge in [0.2, 0.25) is 6.23 Å². The number of nitrogens with one attached hydrogen (secondary N) is 2. The van der Waals surface area contributed by atoms with Crippen molar-refractivity contribution in [2.75, 3.05) is 11.9 Å². The smallest absolute Gasteiger partial charge is 0.459 e. The van der Waals surface area contributed by atoms with Crippen molar-refractivity contribution in [1.82, 2.24) is 14.6 Å². The fourth-order valence-corrected chi connectivity index (χ4v) is 5.86. The minimum Gasteiger partial charge on any atom is -0.462 e. The maximum Gasteiger partial charge on any atom is 0.459 e. The lowest BCUT2D eigenvalue weighted by atomic mass is 10.1. The first kappa shape index (κ1) is 34.9. The molecule has 2 heterocycles. The predicted molar refractivity (Wildman–Crippen MR) is 162 cm³/mol. The average Bonchev–Trinajstić information content (AvgIpc) is 3.23. The summed E-state index contributed by atoms with van der Waals surface area (Å²) < 4.78 is 66.0. The van der Waals surface area contributed by atoms with Crippen LogP contribution in [0.5, 0.6) is 5.75 Å². The van der Waals surface area contributed by atoms with Crippen molar-refractivity contribution in [3.8, 4) is 5.75 Å². The molecule has 13 nitrogen and oxygen atoms in total. The molecule has 0 spiro atoms. The van der Waals surface area contributed by atoms with Crippen LogP contribution in [0.25, 0.3) is 0 Å². The van der Waals surface area contributed by atoms with E-state index in [1.54, 1.807) is 56.3 Å². The molecule has 0 aliphatic carbocycles. The molecule has 1 aliphatic heterocycles. The number of ether oxygens (including phenoxy) is 2. The van der Waals surface area contributed by atoms with Crippen LogP contribution in [0.2, 0.25) is 0 Å². The molecule has 0 bridgehead atoms. The molecule has 2 unspecified atom stereocenters. The van der Waals surface area contributed by atoms with E-state index in [4.69, 9.17) is 18.5 Å². The van der Waals surface area contributed by atoms with Gasteiger partial charge in [0.25, 0.3) is 5.91 Å². The van der Waals surface area contributed by atoms with Gasteiger partial charge in [-0.1, -0.05) is 37.3 Å². The second-order valence-corrected chi connectivity index (χ2v) is 12.4. The molecule has 46 heavy (non-hydrogen) atoms. The van der Waals surface area contributed by atoms with Crippen molar-refractivity contribution < 1.29 is 46.6 Å². The largest absolute Gasteiger partial charge is 0.462 e. The molecule has 0 radical (unpaired) electrons. The summed E-state index contributed by atoms with van der Waals surface area (Å²) in [6.07, 6.45) is -5.40. The van der Waals surface area contributed by atoms with Crippen molar-refractivity contribution in [1.29, 1.82) is 0 Å². The third-order valence-electron chi connectivity index (χ3n) is 6.76. The third-order valence-corrected chi connectivity index (χ3v) is 8.41. The van der Waals surface area contributed by atoms with E-state index in [9.17, 15) is 24.1 Å². The molecule has 1 fully saturated rings. The van der Waals surface area contributed by atoms with Gasteiger partial charge in [-0.05, 0) is 63.1 Å². The molecular weight excluding hydrogens is 629 g/mol. The van der Waals surface area contributed by atoms with Crippen molar-refractivity contribution in [3.05, 3.63) is 88.5 Å². The van der Waals surface area contributed by atoms with Gasteiger partial charge in [-0.15, -0.1) is 0 Å². The van der Waals surface area contributed by atoms with Crippen LogP contribution in [-0.2, 0) is 29.8 Å². The van der Waals surface area contributed by atoms with E-state index in [1.807, 2.05) is 6.92 Å². The van der Waals surface area contributed by atoms with Gasteiger partial charge in [0.15, 0.2) is 6.10 Å². The van der Waals surface area contributed by atoms with E-state index in [-0.39, 0.29) is 11.6 Å². The van der Waals surface area contributed by atoms with Gasteiger partial charge in [0.05, 0.1) is 12.7 Å². The Morgan fingerprint density at radius 1 is 1.11 bits per heavy atom. The topological polar surface area (TPSA) is 167 Å². The number of benzene rings is 2. The molecule has 5 atom stereocenters. The highest BCUT2D eigenvalue weighted by Gasteiger charge is 2.60. The lowest BCUT2D eigenvalue weighted by Gasteiger charge is -2.25. The quantitative estimate of drug-likeness (QED) is 0.178. The summed E-state index contributed by atoms with van der Waals surface area (Å²) in [7, 11) is -4.48. The number of anilines is 1. The molecule has 16 heteroatoms. The van der Waals surface area contributed by atoms with Gasteiger partial charge < -0.3 is 24.4 Å². The summed E-state index contributed by atoms with van der Waals surface area (Å²) in [5, 5.41) is 15.3. The number of para-hydroxylation sites is 1. The summed E-state index contributed by atoms with van der Waals surface area (Å²) in [6.45, 7) is 5.64. The Morgan fingerprint density at radius 3 is 2.39 bits per heavy atom. The van der Waals surface area contributed by atoms with E-state index in [2.05, 4.69) is 15.4 Å². The van der Waals surface area contributed by atoms with E-state index in [0.717, 1.165) is 24.2 Å². The zero-order valence-electron chi connectivity index (χ0n) is 25.5. The van der Waals surface area contributed by atoms with Gasteiger partial charge >= 0.3 is 25.3 Å². The number of aliphatic hydroxyl groups is 1. The first-order valence-corrected chi connectivity index (χ1v) is 15.9. The number of hydrogen-bond acceptors (Lipinski definition) is 10. The number of hydrogen-bond donors (Lipinski definition) is 3. The number of aryl methyl sites for hydroxylation is 1. The van der Waals surface area contributed by atoms with Gasteiger partial charge in [-0.3, -0.25) is 18.7 Å². The molecule has 4 rings (SSSR count). The van der Waals surface area contributed by atoms with E-state index in [0.29, 0.717) is 10.1 Å². The maximum absolute atomic E-state index is 15.3. The third kappa shape index (κ3) is 8.42. The minimum atomic E-state index is -4.48. The molecule has 2 aromatic carbocycles. The van der Waals surface area contributed by atoms with Crippen molar-refractivity contribution in [3.63, 3.8) is 0 Å². The van der Waals surface area contributed by atoms with E-state index < -0.39 is 68.4 Å². The number of rotatable bonds is 13. The van der Waals surface area contributed by atoms with Crippen LogP contribution in [0.4, 0.5) is 14.6 Å². The van der Waals surface area contributed by atoms with E-state index >= 15 is 8.78 Å². The van der Waals surface area contributed by atoms with Crippen LogP contribution in [0.15, 0.2) is 71.7 Å². The van der Waals surface area contributed by atoms with Gasteiger partial charge in [0, 0.05) is 11.8 Å². The number of aliphatic hydroxyl groups excluding tert-OH is 1. The summed E-state index contributed by atoms with van der Waals surface area (Å²) in [6, 6.07) is 14.4. The Hall–Kier alpha value is -4.01. The summed E-state index contributed by atoms with van der Waals surface area (Å²) >= 11 is 0. The standard InChI is InChI=1S/C30H35F2N4O9P/c1-5-20-11-13-21(14-12-20)26(38)33-24-15-16-36(29(40)34-24)28-30(31,32)25(37)23(44-28)17-42-46(41,45-22-9-7-6-8-10-22)35-19(4)27(39)43-18(2)3/h6-16,18-19,23,25,28,37H,5,17H2,1-4H3,(H,35,41)(H,33,34,38,40)/t19-,23-,25-,28?,46?/m1/s1. The maximum atomic E-state index is 15.3. The molecule has 1 amide bonds. The minimum absolute atomic E-state index is 0.0710. The Labute approximate surface area is 263 Å². The molecule has 1 aliphatic rings. The number of amides is 1. The highest BCUT2D eigenvalue weighted by molar-refractivity contribution is 7.52. The summed E-state index contributed by atoms with van der Waals surface area (Å²) in [4.78, 5) is 41.3. The van der Waals surface area contributed by atoms with E-state index in [1.165, 1.54) is 19.1 Å². The second-order valence-electron chi connectivity index (χ2n) is 10.7. The molecule has 0 saturated carbocycles. The van der Waals surface area contributed by atoms with Crippen LogP contribution in [0.1, 0.15) is 49.8 Å². The lowest BCUT2D eigenvalue weighted by molar-refractivity contribution is -0.149. The summed E-state index contributed by atoms with van der Waals surface area (Å²) in [5.41, 5.74) is 0.119. The number of nitrogens with zero attached hydrogens (tertiary/aromatic N) is 2. The van der Waals surface area contributed by atoms with Crippen LogP contribution in [0.3, 0.4) is 0 Å². The van der Waals surface area contributed by atoms with Gasteiger partial charge in [-0.25, -0.2) is 9.36 Å². The Bertz CT molecular complexity index is 1620. The van der Waals surface area contributed by atoms with Crippen LogP contribution < -0.4 is 20.6 Å². The SMILES string of the molecule is CCc1ccc(C(=O)Nc2ccn(C3O[C@H](COP(=O)(N[C@H](C)C(=O)OC(C)C)Oc4ccccc4)[C@@H](O)C3(F)F)c(=O)n2)cc1. The van der Waals surface area contributed by atoms with Crippen molar-refractivity contribution in [2.24, 2.45) is 0 Å². The fraction of sp³-hybridized carbons (Fsp3) is 0.400. The van der Waals surface area contributed by atoms with Crippen molar-refractivity contribution >= 4 is 25.4 Å². The van der Waals surface area contributed by atoms with Crippen LogP contribution in [0, 0.1) is 0 Å². The van der Waals surface area contributed by atoms with Gasteiger partial charge in [0.1, 0.15) is 23.7 Å². The number of aromatic nitrogens is 2. The zero-order valence-corrected chi connectivity index (χ0v) is 26.4. The number of halogens is 2. The number of carbonyl (C=O) groups excluding carboxylic acids is 2. The van der Waals surface area contributed by atoms with Crippen LogP contribution >= 0.6 is 7.75 Å².